The molecule has 0 radical (unpaired) electrons. The summed E-state index contributed by atoms with van der Waals surface area (Å²) in [7, 11) is 2.98. The molecule has 1 rings (SSSR count). The maximum absolute atomic E-state index is 11.5. The van der Waals surface area contributed by atoms with Crippen molar-refractivity contribution in [3.63, 3.8) is 0 Å². The molecule has 0 N–H and O–H groups in total. The van der Waals surface area contributed by atoms with Gasteiger partial charge in [-0.15, -0.1) is 0 Å². The highest BCUT2D eigenvalue weighted by Crippen LogP contribution is 2.21. The predicted octanol–water partition coefficient (Wildman–Crippen LogP) is 1.18. The van der Waals surface area contributed by atoms with Gasteiger partial charge in [-0.1, -0.05) is 11.3 Å². The Morgan fingerprint density at radius 3 is 3.00 bits per heavy atom. The van der Waals surface area contributed by atoms with E-state index >= 15 is 0 Å². The zero-order valence-corrected chi connectivity index (χ0v) is 9.13. The third-order valence-corrected chi connectivity index (χ3v) is 2.42. The van der Waals surface area contributed by atoms with Crippen LogP contribution in [0, 0.1) is 0 Å². The van der Waals surface area contributed by atoms with Gasteiger partial charge >= 0.3 is 0 Å². The largest absolute Gasteiger partial charge is 0.470 e. The number of hydrogen-bond acceptors (Lipinski definition) is 5. The molecule has 0 bridgehead atoms. The first-order chi connectivity index (χ1) is 6.69. The van der Waals surface area contributed by atoms with Gasteiger partial charge in [0.1, 0.15) is 4.88 Å². The van der Waals surface area contributed by atoms with Crippen molar-refractivity contribution in [3.8, 4) is 5.19 Å². The van der Waals surface area contributed by atoms with E-state index in [9.17, 15) is 4.79 Å². The van der Waals surface area contributed by atoms with Crippen LogP contribution in [0.4, 0.5) is 0 Å². The molecule has 78 valence electrons. The Hall–Kier alpha value is -1.14. The molecule has 0 unspecified atom stereocenters. The van der Waals surface area contributed by atoms with Gasteiger partial charge in [-0.2, -0.15) is 0 Å². The summed E-state index contributed by atoms with van der Waals surface area (Å²) in [4.78, 5) is 20.7. The number of amides is 1. The SMILES string of the molecule is CCOc1ncc(C(=O)N(C)OC)s1. The number of rotatable bonds is 4. The summed E-state index contributed by atoms with van der Waals surface area (Å²) in [6.07, 6.45) is 1.48. The minimum absolute atomic E-state index is 0.226. The van der Waals surface area contributed by atoms with Crippen LogP contribution in [0.25, 0.3) is 0 Å². The molecule has 1 amide bonds. The van der Waals surface area contributed by atoms with Gasteiger partial charge in [0.2, 0.25) is 0 Å². The second kappa shape index (κ2) is 4.92. The van der Waals surface area contributed by atoms with Crippen molar-refractivity contribution in [1.29, 1.82) is 0 Å². The van der Waals surface area contributed by atoms with Crippen molar-refractivity contribution in [3.05, 3.63) is 11.1 Å². The Kier molecular flexibility index (Phi) is 3.84. The number of nitrogens with zero attached hydrogens (tertiary/aromatic N) is 2. The van der Waals surface area contributed by atoms with Crippen molar-refractivity contribution in [2.45, 2.75) is 6.92 Å². The topological polar surface area (TPSA) is 51.7 Å². The quantitative estimate of drug-likeness (QED) is 0.709. The summed E-state index contributed by atoms with van der Waals surface area (Å²) >= 11 is 1.20. The summed E-state index contributed by atoms with van der Waals surface area (Å²) in [5.74, 6) is -0.226. The van der Waals surface area contributed by atoms with Crippen molar-refractivity contribution in [2.24, 2.45) is 0 Å². The predicted molar refractivity (Wildman–Crippen MR) is 52.4 cm³/mol. The van der Waals surface area contributed by atoms with E-state index in [1.165, 1.54) is 24.6 Å². The fourth-order valence-corrected chi connectivity index (χ4v) is 1.58. The zero-order chi connectivity index (χ0) is 10.6. The highest BCUT2D eigenvalue weighted by molar-refractivity contribution is 7.15. The minimum Gasteiger partial charge on any atom is -0.470 e. The molecule has 1 heterocycles. The van der Waals surface area contributed by atoms with Crippen LogP contribution < -0.4 is 4.74 Å². The minimum atomic E-state index is -0.226. The van der Waals surface area contributed by atoms with E-state index in [1.54, 1.807) is 7.05 Å². The standard InChI is InChI=1S/C8H12N2O3S/c1-4-13-8-9-5-6(14-8)7(11)10(2)12-3/h5H,4H2,1-3H3. The van der Waals surface area contributed by atoms with Crippen molar-refractivity contribution in [2.75, 3.05) is 20.8 Å². The Morgan fingerprint density at radius 2 is 2.43 bits per heavy atom. The number of aromatic nitrogens is 1. The van der Waals surface area contributed by atoms with Gasteiger partial charge in [0.05, 0.1) is 19.9 Å². The van der Waals surface area contributed by atoms with Crippen molar-refractivity contribution < 1.29 is 14.4 Å². The second-order valence-electron chi connectivity index (χ2n) is 2.41. The maximum atomic E-state index is 11.5. The van der Waals surface area contributed by atoms with Gasteiger partial charge in [0.25, 0.3) is 11.1 Å². The molecule has 6 heteroatoms. The van der Waals surface area contributed by atoms with Gasteiger partial charge in [0.15, 0.2) is 0 Å². The lowest BCUT2D eigenvalue weighted by atomic mass is 10.5. The van der Waals surface area contributed by atoms with Crippen molar-refractivity contribution >= 4 is 17.2 Å². The molecule has 5 nitrogen and oxygen atoms in total. The number of hydroxylamine groups is 2. The van der Waals surface area contributed by atoms with E-state index in [0.717, 1.165) is 5.06 Å². The monoisotopic (exact) mass is 216 g/mol. The number of ether oxygens (including phenoxy) is 1. The van der Waals surface area contributed by atoms with Crippen LogP contribution in [0.5, 0.6) is 5.19 Å². The molecule has 14 heavy (non-hydrogen) atoms. The Balaban J connectivity index is 2.71. The van der Waals surface area contributed by atoms with Crippen LogP contribution in [0.15, 0.2) is 6.20 Å². The van der Waals surface area contributed by atoms with Crippen molar-refractivity contribution in [1.82, 2.24) is 10.0 Å². The number of carbonyl (C=O) groups is 1. The van der Waals surface area contributed by atoms with E-state index in [2.05, 4.69) is 4.98 Å². The van der Waals surface area contributed by atoms with Crippen LogP contribution in [0.1, 0.15) is 16.6 Å². The van der Waals surface area contributed by atoms with Crippen LogP contribution >= 0.6 is 11.3 Å². The maximum Gasteiger partial charge on any atom is 0.288 e. The molecule has 0 aliphatic heterocycles. The van der Waals surface area contributed by atoms with E-state index in [0.29, 0.717) is 16.7 Å². The third-order valence-electron chi connectivity index (χ3n) is 1.52. The smallest absolute Gasteiger partial charge is 0.288 e. The highest BCUT2D eigenvalue weighted by Gasteiger charge is 2.15. The fourth-order valence-electron chi connectivity index (χ4n) is 0.785. The molecule has 0 atom stereocenters. The lowest BCUT2D eigenvalue weighted by Crippen LogP contribution is -2.24. The van der Waals surface area contributed by atoms with Crippen LogP contribution in [-0.2, 0) is 4.84 Å². The summed E-state index contributed by atoms with van der Waals surface area (Å²) < 4.78 is 5.15. The first-order valence-electron chi connectivity index (χ1n) is 4.09. The van der Waals surface area contributed by atoms with Crippen LogP contribution in [0.3, 0.4) is 0 Å². The molecule has 1 aromatic rings. The molecule has 0 spiro atoms. The molecule has 1 aromatic heterocycles. The number of hydrogen-bond donors (Lipinski definition) is 0. The summed E-state index contributed by atoms with van der Waals surface area (Å²) in [6.45, 7) is 2.41. The van der Waals surface area contributed by atoms with Gasteiger partial charge in [0, 0.05) is 7.05 Å². The van der Waals surface area contributed by atoms with E-state index < -0.39 is 0 Å². The molecule has 0 saturated carbocycles. The molecule has 0 aliphatic rings. The molecular weight excluding hydrogens is 204 g/mol. The normalized spacial score (nSPS) is 9.93. The van der Waals surface area contributed by atoms with E-state index in [-0.39, 0.29) is 5.91 Å². The molecule has 0 aliphatic carbocycles. The summed E-state index contributed by atoms with van der Waals surface area (Å²) in [5.41, 5.74) is 0. The lowest BCUT2D eigenvalue weighted by Gasteiger charge is -2.10. The summed E-state index contributed by atoms with van der Waals surface area (Å²) in [5, 5.41) is 1.64. The molecule has 0 fully saturated rings. The van der Waals surface area contributed by atoms with Crippen LogP contribution in [-0.4, -0.2) is 36.7 Å². The zero-order valence-electron chi connectivity index (χ0n) is 8.31. The second-order valence-corrected chi connectivity index (χ2v) is 3.40. The highest BCUT2D eigenvalue weighted by atomic mass is 32.1. The Bertz CT molecular complexity index is 313. The fraction of sp³-hybridized carbons (Fsp3) is 0.500. The first kappa shape index (κ1) is 10.9. The lowest BCUT2D eigenvalue weighted by molar-refractivity contribution is -0.0754. The summed E-state index contributed by atoms with van der Waals surface area (Å²) in [6, 6.07) is 0. The molecular formula is C8H12N2O3S. The molecule has 0 saturated heterocycles. The Labute approximate surface area is 86.2 Å². The van der Waals surface area contributed by atoms with E-state index in [4.69, 9.17) is 9.57 Å². The van der Waals surface area contributed by atoms with Gasteiger partial charge in [-0.3, -0.25) is 9.63 Å². The molecule has 0 aromatic carbocycles. The van der Waals surface area contributed by atoms with Crippen LogP contribution in [0.2, 0.25) is 0 Å². The average Bonchev–Trinajstić information content (AvgIpc) is 2.64. The van der Waals surface area contributed by atoms with E-state index in [1.807, 2.05) is 6.92 Å². The van der Waals surface area contributed by atoms with Gasteiger partial charge in [-0.25, -0.2) is 10.0 Å². The third kappa shape index (κ3) is 2.43. The number of thiazole rings is 1. The average molecular weight is 216 g/mol. The van der Waals surface area contributed by atoms with Gasteiger partial charge < -0.3 is 4.74 Å². The number of carbonyl (C=O) groups excluding carboxylic acids is 1. The van der Waals surface area contributed by atoms with Gasteiger partial charge in [-0.05, 0) is 6.92 Å². The first-order valence-corrected chi connectivity index (χ1v) is 4.91. The Morgan fingerprint density at radius 1 is 1.71 bits per heavy atom.